The number of likely N-dealkylation sites (N-methyl/N-ethyl adjacent to an activating group) is 1. The van der Waals surface area contributed by atoms with Gasteiger partial charge in [-0.15, -0.1) is 0 Å². The molecule has 0 spiro atoms. The van der Waals surface area contributed by atoms with E-state index in [-0.39, 0.29) is 6.04 Å². The number of sulfonamides is 1. The van der Waals surface area contributed by atoms with Crippen molar-refractivity contribution < 1.29 is 13.5 Å². The molecule has 0 bridgehead atoms. The summed E-state index contributed by atoms with van der Waals surface area (Å²) in [7, 11) is -1.53. The number of piperidine rings is 1. The molecule has 0 radical (unpaired) electrons. The number of nitrogens with zero attached hydrogens (tertiary/aromatic N) is 2. The van der Waals surface area contributed by atoms with E-state index in [2.05, 4.69) is 4.90 Å². The predicted octanol–water partition coefficient (Wildman–Crippen LogP) is 1.69. The average molecular weight is 340 g/mol. The third kappa shape index (κ3) is 4.76. The van der Waals surface area contributed by atoms with Gasteiger partial charge in [-0.2, -0.15) is 0 Å². The molecule has 1 aromatic carbocycles. The normalized spacial score (nSPS) is 21.6. The Morgan fingerprint density at radius 2 is 2.09 bits per heavy atom. The quantitative estimate of drug-likeness (QED) is 0.886. The molecule has 1 aliphatic heterocycles. The lowest BCUT2D eigenvalue weighted by atomic mass is 9.99. The Kier molecular flexibility index (Phi) is 5.84. The first-order valence-corrected chi connectivity index (χ1v) is 9.94. The van der Waals surface area contributed by atoms with Crippen LogP contribution in [0.15, 0.2) is 18.2 Å². The predicted molar refractivity (Wildman–Crippen MR) is 92.9 cm³/mol. The highest BCUT2D eigenvalue weighted by atomic mass is 32.2. The Hall–Kier alpha value is -0.950. The SMILES string of the molecule is Cc1ccc(C)c([C@@H](O)CN2CCC[C@@H](N(C)S(C)(=O)=O)C2)c1. The van der Waals surface area contributed by atoms with Gasteiger partial charge in [0.1, 0.15) is 0 Å². The van der Waals surface area contributed by atoms with E-state index in [0.29, 0.717) is 13.1 Å². The summed E-state index contributed by atoms with van der Waals surface area (Å²) < 4.78 is 24.9. The zero-order chi connectivity index (χ0) is 17.2. The summed E-state index contributed by atoms with van der Waals surface area (Å²) in [6.45, 7) is 6.14. The van der Waals surface area contributed by atoms with Gasteiger partial charge in [0.25, 0.3) is 0 Å². The third-order valence-electron chi connectivity index (χ3n) is 4.74. The lowest BCUT2D eigenvalue weighted by Crippen LogP contribution is -2.49. The van der Waals surface area contributed by atoms with Crippen molar-refractivity contribution in [2.75, 3.05) is 32.9 Å². The molecule has 2 atom stereocenters. The number of likely N-dealkylation sites (tertiary alicyclic amines) is 1. The van der Waals surface area contributed by atoms with Crippen molar-refractivity contribution in [2.45, 2.75) is 38.8 Å². The minimum atomic E-state index is -3.17. The number of hydrogen-bond donors (Lipinski definition) is 1. The molecule has 2 rings (SSSR count). The first-order chi connectivity index (χ1) is 10.7. The maximum absolute atomic E-state index is 11.7. The fraction of sp³-hybridized carbons (Fsp3) is 0.647. The van der Waals surface area contributed by atoms with Crippen LogP contribution in [-0.4, -0.2) is 61.7 Å². The highest BCUT2D eigenvalue weighted by molar-refractivity contribution is 7.88. The van der Waals surface area contributed by atoms with Crippen molar-refractivity contribution in [1.82, 2.24) is 9.21 Å². The molecule has 130 valence electrons. The average Bonchev–Trinajstić information content (AvgIpc) is 2.48. The summed E-state index contributed by atoms with van der Waals surface area (Å²) in [5.41, 5.74) is 3.19. The Morgan fingerprint density at radius 1 is 1.39 bits per heavy atom. The fourth-order valence-electron chi connectivity index (χ4n) is 3.23. The van der Waals surface area contributed by atoms with Gasteiger partial charge in [-0.1, -0.05) is 23.8 Å². The van der Waals surface area contributed by atoms with Crippen LogP contribution < -0.4 is 0 Å². The number of aliphatic hydroxyl groups is 1. The molecule has 1 N–H and O–H groups in total. The molecule has 1 heterocycles. The van der Waals surface area contributed by atoms with Crippen molar-refractivity contribution in [2.24, 2.45) is 0 Å². The molecule has 1 aliphatic rings. The van der Waals surface area contributed by atoms with Crippen molar-refractivity contribution >= 4 is 10.0 Å². The van der Waals surface area contributed by atoms with E-state index >= 15 is 0 Å². The molecule has 0 unspecified atom stereocenters. The van der Waals surface area contributed by atoms with Gasteiger partial charge in [0.2, 0.25) is 10.0 Å². The summed E-state index contributed by atoms with van der Waals surface area (Å²) in [4.78, 5) is 2.17. The van der Waals surface area contributed by atoms with Crippen LogP contribution in [-0.2, 0) is 10.0 Å². The number of aliphatic hydroxyl groups excluding tert-OH is 1. The largest absolute Gasteiger partial charge is 0.387 e. The molecule has 5 nitrogen and oxygen atoms in total. The first kappa shape index (κ1) is 18.4. The molecule has 0 aromatic heterocycles. The first-order valence-electron chi connectivity index (χ1n) is 8.09. The van der Waals surface area contributed by atoms with Gasteiger partial charge in [-0.05, 0) is 44.4 Å². The van der Waals surface area contributed by atoms with Gasteiger partial charge >= 0.3 is 0 Å². The number of β-amino-alcohol motifs (C(OH)–C–C–N with tert-alkyl or cyclic N) is 1. The summed E-state index contributed by atoms with van der Waals surface area (Å²) in [5.74, 6) is 0. The smallest absolute Gasteiger partial charge is 0.211 e. The second-order valence-corrected chi connectivity index (χ2v) is 8.75. The van der Waals surface area contributed by atoms with E-state index in [4.69, 9.17) is 0 Å². The topological polar surface area (TPSA) is 60.9 Å². The van der Waals surface area contributed by atoms with Gasteiger partial charge in [-0.3, -0.25) is 4.90 Å². The fourth-order valence-corrected chi connectivity index (χ4v) is 3.94. The van der Waals surface area contributed by atoms with E-state index in [1.807, 2.05) is 32.0 Å². The molecule has 0 aliphatic carbocycles. The Labute approximate surface area is 140 Å². The van der Waals surface area contributed by atoms with Crippen molar-refractivity contribution in [1.29, 1.82) is 0 Å². The molecule has 0 saturated carbocycles. The molecule has 6 heteroatoms. The zero-order valence-corrected chi connectivity index (χ0v) is 15.3. The minimum Gasteiger partial charge on any atom is -0.387 e. The van der Waals surface area contributed by atoms with Crippen LogP contribution in [0.2, 0.25) is 0 Å². The van der Waals surface area contributed by atoms with Crippen LogP contribution in [0.4, 0.5) is 0 Å². The van der Waals surface area contributed by atoms with Gasteiger partial charge in [0.15, 0.2) is 0 Å². The number of aryl methyl sites for hydroxylation is 2. The summed E-state index contributed by atoms with van der Waals surface area (Å²) in [5, 5.41) is 10.6. The van der Waals surface area contributed by atoms with Crippen molar-refractivity contribution in [3.8, 4) is 0 Å². The lowest BCUT2D eigenvalue weighted by Gasteiger charge is -2.37. The van der Waals surface area contributed by atoms with Gasteiger partial charge in [0, 0.05) is 26.2 Å². The highest BCUT2D eigenvalue weighted by Crippen LogP contribution is 2.23. The van der Waals surface area contributed by atoms with E-state index in [1.165, 1.54) is 10.6 Å². The van der Waals surface area contributed by atoms with Crippen LogP contribution >= 0.6 is 0 Å². The summed E-state index contributed by atoms with van der Waals surface area (Å²) >= 11 is 0. The minimum absolute atomic E-state index is 0.00967. The molecular formula is C17H28N2O3S. The van der Waals surface area contributed by atoms with Gasteiger partial charge in [-0.25, -0.2) is 12.7 Å². The van der Waals surface area contributed by atoms with E-state index < -0.39 is 16.1 Å². The Balaban J connectivity index is 2.03. The van der Waals surface area contributed by atoms with Crippen LogP contribution in [0, 0.1) is 13.8 Å². The van der Waals surface area contributed by atoms with Gasteiger partial charge < -0.3 is 5.11 Å². The number of benzene rings is 1. The maximum Gasteiger partial charge on any atom is 0.211 e. The standard InChI is InChI=1S/C17H28N2O3S/c1-13-7-8-14(2)16(10-13)17(20)12-19-9-5-6-15(11-19)18(3)23(4,21)22/h7-8,10,15,17,20H,5-6,9,11-12H2,1-4H3/t15-,17+/m1/s1. The molecule has 23 heavy (non-hydrogen) atoms. The third-order valence-corrected chi connectivity index (χ3v) is 6.09. The van der Waals surface area contributed by atoms with Crippen molar-refractivity contribution in [3.05, 3.63) is 34.9 Å². The zero-order valence-electron chi connectivity index (χ0n) is 14.5. The lowest BCUT2D eigenvalue weighted by molar-refractivity contribution is 0.0814. The van der Waals surface area contributed by atoms with Crippen molar-refractivity contribution in [3.63, 3.8) is 0 Å². The monoisotopic (exact) mass is 340 g/mol. The molecule has 1 aromatic rings. The van der Waals surface area contributed by atoms with Crippen LogP contribution in [0.25, 0.3) is 0 Å². The maximum atomic E-state index is 11.7. The highest BCUT2D eigenvalue weighted by Gasteiger charge is 2.29. The van der Waals surface area contributed by atoms with E-state index in [9.17, 15) is 13.5 Å². The van der Waals surface area contributed by atoms with E-state index in [0.717, 1.165) is 36.1 Å². The van der Waals surface area contributed by atoms with Crippen LogP contribution in [0.3, 0.4) is 0 Å². The second kappa shape index (κ2) is 7.30. The molecule has 1 saturated heterocycles. The summed E-state index contributed by atoms with van der Waals surface area (Å²) in [6, 6.07) is 6.10. The second-order valence-electron chi connectivity index (χ2n) is 6.71. The Bertz CT molecular complexity index is 645. The molecular weight excluding hydrogens is 312 g/mol. The molecule has 1 fully saturated rings. The van der Waals surface area contributed by atoms with Gasteiger partial charge in [0.05, 0.1) is 12.4 Å². The number of hydrogen-bond acceptors (Lipinski definition) is 4. The van der Waals surface area contributed by atoms with Crippen LogP contribution in [0.5, 0.6) is 0 Å². The Morgan fingerprint density at radius 3 is 2.74 bits per heavy atom. The number of rotatable bonds is 5. The van der Waals surface area contributed by atoms with Crippen LogP contribution in [0.1, 0.15) is 35.6 Å². The summed E-state index contributed by atoms with van der Waals surface area (Å²) in [6.07, 6.45) is 2.53. The van der Waals surface area contributed by atoms with E-state index in [1.54, 1.807) is 7.05 Å². The molecule has 0 amide bonds.